The summed E-state index contributed by atoms with van der Waals surface area (Å²) < 4.78 is 35.6. The Balaban J connectivity index is 4.93. The molecule has 0 aliphatic rings. The Morgan fingerprint density at radius 1 is 1.38 bits per heavy atom. The van der Waals surface area contributed by atoms with Crippen LogP contribution in [-0.2, 0) is 9.59 Å². The van der Waals surface area contributed by atoms with Crippen LogP contribution in [-0.4, -0.2) is 23.0 Å². The number of aliphatic carboxylic acids is 1. The first-order valence-electron chi connectivity index (χ1n) is 3.34. The Kier molecular flexibility index (Phi) is 3.65. The van der Waals surface area contributed by atoms with E-state index in [0.29, 0.717) is 0 Å². The van der Waals surface area contributed by atoms with Gasteiger partial charge in [-0.3, -0.25) is 4.79 Å². The van der Waals surface area contributed by atoms with E-state index in [1.54, 1.807) is 0 Å². The van der Waals surface area contributed by atoms with E-state index in [-0.39, 0.29) is 12.5 Å². The van der Waals surface area contributed by atoms with Crippen LogP contribution in [0.15, 0.2) is 11.6 Å². The molecule has 0 amide bonds. The van der Waals surface area contributed by atoms with Crippen molar-refractivity contribution >= 4 is 11.8 Å². The minimum absolute atomic E-state index is 0.0995. The molecule has 0 rings (SSSR count). The predicted octanol–water partition coefficient (Wildman–Crippen LogP) is 1.54. The molecule has 0 aromatic carbocycles. The van der Waals surface area contributed by atoms with E-state index in [0.717, 1.165) is 0 Å². The maximum atomic E-state index is 11.9. The lowest BCUT2D eigenvalue weighted by molar-refractivity contribution is -0.145. The molecular weight excluding hydrogens is 189 g/mol. The predicted molar refractivity (Wildman–Crippen MR) is 37.1 cm³/mol. The molecule has 0 aliphatic heterocycles. The van der Waals surface area contributed by atoms with E-state index in [9.17, 15) is 22.8 Å². The number of hydrogen-bond donors (Lipinski definition) is 1. The minimum Gasteiger partial charge on any atom is -0.478 e. The molecule has 74 valence electrons. The molecule has 13 heavy (non-hydrogen) atoms. The molecular formula is C7H7F3O3. The fraction of sp³-hybridized carbons (Fsp3) is 0.429. The summed E-state index contributed by atoms with van der Waals surface area (Å²) in [6, 6.07) is 0. The number of alkyl halides is 3. The van der Waals surface area contributed by atoms with Crippen LogP contribution in [0, 0.1) is 0 Å². The standard InChI is InChI=1S/C7H7F3O3/c1-2-4(11)3-5(6(12)13)7(8,9)10/h3H,2H2,1H3,(H,12,13). The van der Waals surface area contributed by atoms with Crippen molar-refractivity contribution < 1.29 is 27.9 Å². The monoisotopic (exact) mass is 196 g/mol. The first-order valence-corrected chi connectivity index (χ1v) is 3.34. The van der Waals surface area contributed by atoms with Gasteiger partial charge in [-0.25, -0.2) is 4.79 Å². The van der Waals surface area contributed by atoms with Crippen LogP contribution in [0.2, 0.25) is 0 Å². The van der Waals surface area contributed by atoms with E-state index in [1.807, 2.05) is 0 Å². The van der Waals surface area contributed by atoms with Crippen LogP contribution < -0.4 is 0 Å². The molecule has 0 aromatic rings. The number of carbonyl (C=O) groups excluding carboxylic acids is 1. The van der Waals surface area contributed by atoms with Crippen LogP contribution in [0.1, 0.15) is 13.3 Å². The van der Waals surface area contributed by atoms with Crippen LogP contribution >= 0.6 is 0 Å². The Morgan fingerprint density at radius 2 is 1.85 bits per heavy atom. The lowest BCUT2D eigenvalue weighted by Gasteiger charge is -2.05. The number of carboxylic acids is 1. The van der Waals surface area contributed by atoms with Crippen LogP contribution in [0.25, 0.3) is 0 Å². The maximum absolute atomic E-state index is 11.9. The molecule has 3 nitrogen and oxygen atoms in total. The molecule has 0 aliphatic carbocycles. The van der Waals surface area contributed by atoms with Gasteiger partial charge in [-0.05, 0) is 0 Å². The van der Waals surface area contributed by atoms with Crippen molar-refractivity contribution in [2.45, 2.75) is 19.5 Å². The molecule has 0 saturated heterocycles. The first-order chi connectivity index (χ1) is 5.79. The largest absolute Gasteiger partial charge is 0.478 e. The Labute approximate surface area is 71.9 Å². The van der Waals surface area contributed by atoms with Crippen molar-refractivity contribution in [1.29, 1.82) is 0 Å². The maximum Gasteiger partial charge on any atom is 0.423 e. The van der Waals surface area contributed by atoms with E-state index < -0.39 is 23.5 Å². The summed E-state index contributed by atoms with van der Waals surface area (Å²) in [5, 5.41) is 8.11. The van der Waals surface area contributed by atoms with Crippen LogP contribution in [0.4, 0.5) is 13.2 Å². The molecule has 0 saturated carbocycles. The van der Waals surface area contributed by atoms with Gasteiger partial charge in [-0.1, -0.05) is 6.92 Å². The second-order valence-electron chi connectivity index (χ2n) is 2.18. The fourth-order valence-electron chi connectivity index (χ4n) is 0.528. The molecule has 0 spiro atoms. The summed E-state index contributed by atoms with van der Waals surface area (Å²) in [7, 11) is 0. The van der Waals surface area contributed by atoms with Gasteiger partial charge < -0.3 is 5.11 Å². The van der Waals surface area contributed by atoms with Crippen molar-refractivity contribution in [2.75, 3.05) is 0 Å². The van der Waals surface area contributed by atoms with E-state index in [4.69, 9.17) is 5.11 Å². The van der Waals surface area contributed by atoms with Gasteiger partial charge in [-0.2, -0.15) is 13.2 Å². The smallest absolute Gasteiger partial charge is 0.423 e. The number of rotatable bonds is 3. The molecule has 0 unspecified atom stereocenters. The normalized spacial score (nSPS) is 12.8. The average Bonchev–Trinajstić information content (AvgIpc) is 1.96. The molecule has 0 heterocycles. The van der Waals surface area contributed by atoms with E-state index in [2.05, 4.69) is 0 Å². The SMILES string of the molecule is CCC(=O)C=C(C(=O)O)C(F)(F)F. The second kappa shape index (κ2) is 4.06. The number of allylic oxidation sites excluding steroid dienone is 1. The highest BCUT2D eigenvalue weighted by Crippen LogP contribution is 2.25. The summed E-state index contributed by atoms with van der Waals surface area (Å²) >= 11 is 0. The third-order valence-corrected chi connectivity index (χ3v) is 1.19. The summed E-state index contributed by atoms with van der Waals surface area (Å²) in [5.41, 5.74) is -1.83. The third-order valence-electron chi connectivity index (χ3n) is 1.19. The lowest BCUT2D eigenvalue weighted by atomic mass is 10.2. The first kappa shape index (κ1) is 11.7. The molecule has 0 aromatic heterocycles. The number of hydrogen-bond acceptors (Lipinski definition) is 2. The van der Waals surface area contributed by atoms with Gasteiger partial charge in [0.1, 0.15) is 5.57 Å². The molecule has 0 fully saturated rings. The second-order valence-corrected chi connectivity index (χ2v) is 2.18. The summed E-state index contributed by atoms with van der Waals surface area (Å²) in [6.07, 6.45) is -5.05. The summed E-state index contributed by atoms with van der Waals surface area (Å²) in [5.74, 6) is -3.01. The van der Waals surface area contributed by atoms with Gasteiger partial charge in [-0.15, -0.1) is 0 Å². The molecule has 0 bridgehead atoms. The Bertz CT molecular complexity index is 252. The zero-order valence-corrected chi connectivity index (χ0v) is 6.68. The zero-order chi connectivity index (χ0) is 10.6. The van der Waals surface area contributed by atoms with Gasteiger partial charge in [0.05, 0.1) is 0 Å². The molecule has 1 N–H and O–H groups in total. The van der Waals surface area contributed by atoms with Gasteiger partial charge in [0.15, 0.2) is 5.78 Å². The minimum atomic E-state index is -4.99. The van der Waals surface area contributed by atoms with Crippen molar-refractivity contribution in [3.63, 3.8) is 0 Å². The van der Waals surface area contributed by atoms with Crippen molar-refractivity contribution in [1.82, 2.24) is 0 Å². The molecule has 6 heteroatoms. The van der Waals surface area contributed by atoms with Crippen molar-refractivity contribution in [3.8, 4) is 0 Å². The highest BCUT2D eigenvalue weighted by atomic mass is 19.4. The van der Waals surface area contributed by atoms with Crippen molar-refractivity contribution in [2.24, 2.45) is 0 Å². The Hall–Kier alpha value is -1.33. The lowest BCUT2D eigenvalue weighted by Crippen LogP contribution is -2.20. The zero-order valence-electron chi connectivity index (χ0n) is 6.68. The Morgan fingerprint density at radius 3 is 2.08 bits per heavy atom. The highest BCUT2D eigenvalue weighted by molar-refractivity contribution is 5.99. The summed E-state index contributed by atoms with van der Waals surface area (Å²) in [4.78, 5) is 20.6. The third kappa shape index (κ3) is 3.73. The van der Waals surface area contributed by atoms with Crippen LogP contribution in [0.3, 0.4) is 0 Å². The van der Waals surface area contributed by atoms with Gasteiger partial charge in [0, 0.05) is 12.5 Å². The van der Waals surface area contributed by atoms with E-state index >= 15 is 0 Å². The number of ketones is 1. The highest BCUT2D eigenvalue weighted by Gasteiger charge is 2.39. The average molecular weight is 196 g/mol. The number of carboxylic acid groups (broad SMARTS) is 1. The van der Waals surface area contributed by atoms with Gasteiger partial charge in [0.25, 0.3) is 0 Å². The number of carbonyl (C=O) groups is 2. The quantitative estimate of drug-likeness (QED) is 0.696. The van der Waals surface area contributed by atoms with Gasteiger partial charge in [0.2, 0.25) is 0 Å². The topological polar surface area (TPSA) is 54.4 Å². The number of halogens is 3. The van der Waals surface area contributed by atoms with E-state index in [1.165, 1.54) is 6.92 Å². The van der Waals surface area contributed by atoms with Crippen LogP contribution in [0.5, 0.6) is 0 Å². The fourth-order valence-corrected chi connectivity index (χ4v) is 0.528. The van der Waals surface area contributed by atoms with Crippen molar-refractivity contribution in [3.05, 3.63) is 11.6 Å². The summed E-state index contributed by atoms with van der Waals surface area (Å²) in [6.45, 7) is 1.34. The molecule has 0 radical (unpaired) electrons. The molecule has 0 atom stereocenters. The van der Waals surface area contributed by atoms with Gasteiger partial charge >= 0.3 is 12.1 Å².